The molecule has 1 atom stereocenters. The Bertz CT molecular complexity index is 487. The first-order valence-electron chi connectivity index (χ1n) is 5.75. The Morgan fingerprint density at radius 2 is 2.11 bits per heavy atom. The van der Waals surface area contributed by atoms with Crippen molar-refractivity contribution in [2.45, 2.75) is 20.0 Å². The summed E-state index contributed by atoms with van der Waals surface area (Å²) in [6.07, 6.45) is -1.17. The zero-order valence-corrected chi connectivity index (χ0v) is 11.4. The van der Waals surface area contributed by atoms with Crippen molar-refractivity contribution in [1.29, 1.82) is 0 Å². The molecule has 102 valence electrons. The third-order valence-electron chi connectivity index (χ3n) is 2.58. The van der Waals surface area contributed by atoms with E-state index in [4.69, 9.17) is 0 Å². The lowest BCUT2D eigenvalue weighted by Crippen LogP contribution is -2.36. The van der Waals surface area contributed by atoms with E-state index in [1.54, 1.807) is 0 Å². The highest BCUT2D eigenvalue weighted by atomic mass is 32.2. The molecule has 0 unspecified atom stereocenters. The second-order valence-corrected chi connectivity index (χ2v) is 5.70. The molecule has 0 saturated carbocycles. The van der Waals surface area contributed by atoms with Crippen molar-refractivity contribution in [2.24, 2.45) is 0 Å². The highest BCUT2D eigenvalue weighted by molar-refractivity contribution is 7.85. The maximum atomic E-state index is 10.6. The minimum absolute atomic E-state index is 0.126. The van der Waals surface area contributed by atoms with Crippen molar-refractivity contribution in [2.75, 3.05) is 23.7 Å². The van der Waals surface area contributed by atoms with Gasteiger partial charge in [-0.1, -0.05) is 12.1 Å². The Hall–Kier alpha value is -1.11. The fourth-order valence-electron chi connectivity index (χ4n) is 1.78. The van der Waals surface area contributed by atoms with Crippen molar-refractivity contribution in [3.8, 4) is 0 Å². The van der Waals surface area contributed by atoms with Crippen LogP contribution < -0.4 is 4.90 Å². The first-order valence-corrected chi connectivity index (χ1v) is 7.33. The van der Waals surface area contributed by atoms with Crippen molar-refractivity contribution in [3.63, 3.8) is 0 Å². The first-order chi connectivity index (χ1) is 8.31. The Morgan fingerprint density at radius 1 is 1.44 bits per heavy atom. The molecule has 0 heterocycles. The molecule has 6 heteroatoms. The minimum Gasteiger partial charge on any atom is -0.748 e. The summed E-state index contributed by atoms with van der Waals surface area (Å²) < 4.78 is 31.7. The third-order valence-corrected chi connectivity index (χ3v) is 3.37. The molecule has 0 aliphatic carbocycles. The van der Waals surface area contributed by atoms with Crippen LogP contribution in [-0.2, 0) is 10.1 Å². The molecule has 0 spiro atoms. The van der Waals surface area contributed by atoms with Gasteiger partial charge in [-0.15, -0.1) is 0 Å². The van der Waals surface area contributed by atoms with Crippen LogP contribution in [0.3, 0.4) is 0 Å². The SMILES string of the molecule is CCN(C[C@H](O)CS(=O)(=O)[O-])c1cccc(C)c1. The van der Waals surface area contributed by atoms with Gasteiger partial charge in [0.05, 0.1) is 22.0 Å². The zero-order chi connectivity index (χ0) is 13.8. The largest absolute Gasteiger partial charge is 0.748 e. The lowest BCUT2D eigenvalue weighted by atomic mass is 10.2. The molecule has 0 aliphatic rings. The number of benzene rings is 1. The average molecular weight is 272 g/mol. The molecular formula is C12H18NO4S-. The minimum atomic E-state index is -4.39. The maximum Gasteiger partial charge on any atom is 0.0972 e. The maximum absolute atomic E-state index is 10.6. The van der Waals surface area contributed by atoms with Gasteiger partial charge in [0.2, 0.25) is 0 Å². The van der Waals surface area contributed by atoms with E-state index in [2.05, 4.69) is 0 Å². The molecule has 0 radical (unpaired) electrons. The summed E-state index contributed by atoms with van der Waals surface area (Å²) in [6.45, 7) is 4.61. The quantitative estimate of drug-likeness (QED) is 0.772. The first kappa shape index (κ1) is 14.9. The van der Waals surface area contributed by atoms with Crippen LogP contribution in [-0.4, -0.2) is 43.0 Å². The lowest BCUT2D eigenvalue weighted by molar-refractivity contribution is 0.199. The van der Waals surface area contributed by atoms with Gasteiger partial charge in [0, 0.05) is 18.8 Å². The Labute approximate surface area is 108 Å². The molecule has 0 aliphatic heterocycles. The molecule has 1 N–H and O–H groups in total. The van der Waals surface area contributed by atoms with Gasteiger partial charge in [-0.25, -0.2) is 8.42 Å². The Kier molecular flexibility index (Phi) is 5.13. The van der Waals surface area contributed by atoms with Crippen LogP contribution in [0.2, 0.25) is 0 Å². The van der Waals surface area contributed by atoms with E-state index in [9.17, 15) is 18.1 Å². The van der Waals surface area contributed by atoms with Gasteiger partial charge in [-0.2, -0.15) is 0 Å². The number of rotatable bonds is 6. The fourth-order valence-corrected chi connectivity index (χ4v) is 2.36. The summed E-state index contributed by atoms with van der Waals surface area (Å²) >= 11 is 0. The van der Waals surface area contributed by atoms with Crippen molar-refractivity contribution in [1.82, 2.24) is 0 Å². The molecule has 0 fully saturated rings. The molecule has 5 nitrogen and oxygen atoms in total. The number of aliphatic hydroxyl groups is 1. The highest BCUT2D eigenvalue weighted by Gasteiger charge is 2.13. The van der Waals surface area contributed by atoms with Crippen molar-refractivity contribution < 1.29 is 18.1 Å². The van der Waals surface area contributed by atoms with E-state index >= 15 is 0 Å². The second-order valence-electron chi connectivity index (χ2n) is 4.26. The predicted octanol–water partition coefficient (Wildman–Crippen LogP) is 0.727. The Balaban J connectivity index is 2.73. The monoisotopic (exact) mass is 272 g/mol. The summed E-state index contributed by atoms with van der Waals surface area (Å²) in [7, 11) is -4.39. The predicted molar refractivity (Wildman–Crippen MR) is 69.6 cm³/mol. The molecule has 0 aromatic heterocycles. The van der Waals surface area contributed by atoms with Crippen molar-refractivity contribution in [3.05, 3.63) is 29.8 Å². The number of anilines is 1. The van der Waals surface area contributed by atoms with E-state index in [0.29, 0.717) is 6.54 Å². The summed E-state index contributed by atoms with van der Waals surface area (Å²) in [4.78, 5) is 1.84. The number of nitrogens with zero attached hydrogens (tertiary/aromatic N) is 1. The highest BCUT2D eigenvalue weighted by Crippen LogP contribution is 2.16. The smallest absolute Gasteiger partial charge is 0.0972 e. The van der Waals surface area contributed by atoms with E-state index in [1.165, 1.54) is 0 Å². The van der Waals surface area contributed by atoms with Gasteiger partial charge >= 0.3 is 0 Å². The number of hydrogen-bond donors (Lipinski definition) is 1. The van der Waals surface area contributed by atoms with Crippen LogP contribution in [0, 0.1) is 6.92 Å². The van der Waals surface area contributed by atoms with Crippen LogP contribution in [0.4, 0.5) is 5.69 Å². The standard InChI is InChI=1S/C12H19NO4S/c1-3-13(8-12(14)9-18(15,16)17)11-6-4-5-10(2)7-11/h4-7,12,14H,3,8-9H2,1-2H3,(H,15,16,17)/p-1/t12-/m0/s1. The lowest BCUT2D eigenvalue weighted by Gasteiger charge is -2.26. The van der Waals surface area contributed by atoms with Crippen molar-refractivity contribution >= 4 is 15.8 Å². The number of aliphatic hydroxyl groups excluding tert-OH is 1. The van der Waals surface area contributed by atoms with Gasteiger partial charge in [-0.3, -0.25) is 0 Å². The van der Waals surface area contributed by atoms with Gasteiger partial charge < -0.3 is 14.6 Å². The average Bonchev–Trinajstić information content (AvgIpc) is 2.23. The fraction of sp³-hybridized carbons (Fsp3) is 0.500. The summed E-state index contributed by atoms with van der Waals surface area (Å²) in [5.74, 6) is -0.755. The molecule has 1 rings (SSSR count). The van der Waals surface area contributed by atoms with Crippen LogP contribution in [0.1, 0.15) is 12.5 Å². The third kappa shape index (κ3) is 5.03. The molecule has 1 aromatic rings. The zero-order valence-electron chi connectivity index (χ0n) is 10.5. The van der Waals surface area contributed by atoms with E-state index in [1.807, 2.05) is 43.0 Å². The molecular weight excluding hydrogens is 254 g/mol. The summed E-state index contributed by atoms with van der Waals surface area (Å²) in [5.41, 5.74) is 1.98. The van der Waals surface area contributed by atoms with E-state index in [0.717, 1.165) is 11.3 Å². The second kappa shape index (κ2) is 6.17. The van der Waals surface area contributed by atoms with Gasteiger partial charge in [0.1, 0.15) is 0 Å². The molecule has 0 saturated heterocycles. The van der Waals surface area contributed by atoms with Gasteiger partial charge in [-0.05, 0) is 31.5 Å². The van der Waals surface area contributed by atoms with Crippen LogP contribution >= 0.6 is 0 Å². The van der Waals surface area contributed by atoms with E-state index < -0.39 is 22.0 Å². The topological polar surface area (TPSA) is 80.7 Å². The van der Waals surface area contributed by atoms with Crippen LogP contribution in [0.5, 0.6) is 0 Å². The summed E-state index contributed by atoms with van der Waals surface area (Å²) in [5, 5.41) is 9.60. The molecule has 0 bridgehead atoms. The summed E-state index contributed by atoms with van der Waals surface area (Å²) in [6, 6.07) is 7.68. The molecule has 0 amide bonds. The van der Waals surface area contributed by atoms with Crippen LogP contribution in [0.15, 0.2) is 24.3 Å². The molecule has 18 heavy (non-hydrogen) atoms. The van der Waals surface area contributed by atoms with E-state index in [-0.39, 0.29) is 6.54 Å². The molecule has 1 aromatic carbocycles. The van der Waals surface area contributed by atoms with Gasteiger partial charge in [0.15, 0.2) is 0 Å². The van der Waals surface area contributed by atoms with Gasteiger partial charge in [0.25, 0.3) is 0 Å². The number of hydrogen-bond acceptors (Lipinski definition) is 5. The van der Waals surface area contributed by atoms with Crippen LogP contribution in [0.25, 0.3) is 0 Å². The Morgan fingerprint density at radius 3 is 2.61 bits per heavy atom. The number of likely N-dealkylation sites (N-methyl/N-ethyl adjacent to an activating group) is 1. The number of aryl methyl sites for hydroxylation is 1. The normalized spacial score (nSPS) is 13.3.